The number of halogens is 1. The number of benzene rings is 1. The van der Waals surface area contributed by atoms with Gasteiger partial charge in [-0.1, -0.05) is 0 Å². The van der Waals surface area contributed by atoms with Gasteiger partial charge in [-0.2, -0.15) is 5.10 Å². The highest BCUT2D eigenvalue weighted by molar-refractivity contribution is 5.80. The van der Waals surface area contributed by atoms with E-state index in [1.807, 2.05) is 26.1 Å². The topological polar surface area (TPSA) is 56.2 Å². The Morgan fingerprint density at radius 2 is 2.05 bits per heavy atom. The zero-order chi connectivity index (χ0) is 14.6. The van der Waals surface area contributed by atoms with Crippen molar-refractivity contribution in [3.8, 4) is 11.3 Å². The third-order valence-electron chi connectivity index (χ3n) is 3.42. The second kappa shape index (κ2) is 4.12. The van der Waals surface area contributed by atoms with Crippen LogP contribution in [-0.4, -0.2) is 19.6 Å². The van der Waals surface area contributed by atoms with Crippen molar-refractivity contribution in [2.75, 3.05) is 0 Å². The van der Waals surface area contributed by atoms with Crippen molar-refractivity contribution in [1.29, 1.82) is 0 Å². The summed E-state index contributed by atoms with van der Waals surface area (Å²) in [5, 5.41) is 4.48. The SMILES string of the molecule is Cc1cn2nc(-c3cc(F)c4ncoc4c3)cc(C)c2n1. The molecule has 0 N–H and O–H groups in total. The van der Waals surface area contributed by atoms with Gasteiger partial charge in [0.15, 0.2) is 23.4 Å². The highest BCUT2D eigenvalue weighted by atomic mass is 19.1. The van der Waals surface area contributed by atoms with Crippen LogP contribution < -0.4 is 0 Å². The first-order valence-corrected chi connectivity index (χ1v) is 6.48. The van der Waals surface area contributed by atoms with E-state index in [4.69, 9.17) is 4.42 Å². The Balaban J connectivity index is 1.98. The van der Waals surface area contributed by atoms with Gasteiger partial charge >= 0.3 is 0 Å². The van der Waals surface area contributed by atoms with Gasteiger partial charge in [0.2, 0.25) is 0 Å². The highest BCUT2D eigenvalue weighted by Crippen LogP contribution is 2.26. The predicted octanol–water partition coefficient (Wildman–Crippen LogP) is 3.29. The lowest BCUT2D eigenvalue weighted by Gasteiger charge is -2.04. The second-order valence-corrected chi connectivity index (χ2v) is 5.02. The van der Waals surface area contributed by atoms with Gasteiger partial charge in [0.1, 0.15) is 5.52 Å². The van der Waals surface area contributed by atoms with Crippen LogP contribution in [0, 0.1) is 19.7 Å². The smallest absolute Gasteiger partial charge is 0.182 e. The summed E-state index contributed by atoms with van der Waals surface area (Å²) in [6.07, 6.45) is 3.08. The van der Waals surface area contributed by atoms with E-state index in [0.717, 1.165) is 16.9 Å². The Bertz CT molecular complexity index is 986. The molecule has 4 aromatic rings. The molecule has 4 rings (SSSR count). The van der Waals surface area contributed by atoms with E-state index in [-0.39, 0.29) is 5.52 Å². The summed E-state index contributed by atoms with van der Waals surface area (Å²) in [4.78, 5) is 8.25. The normalized spacial score (nSPS) is 11.6. The molecule has 5 nitrogen and oxygen atoms in total. The van der Waals surface area contributed by atoms with Crippen LogP contribution in [0.15, 0.2) is 35.2 Å². The molecule has 3 heterocycles. The predicted molar refractivity (Wildman–Crippen MR) is 75.4 cm³/mol. The quantitative estimate of drug-likeness (QED) is 0.537. The number of rotatable bonds is 1. The van der Waals surface area contributed by atoms with E-state index < -0.39 is 5.82 Å². The number of fused-ring (bicyclic) bond motifs is 2. The molecule has 0 aliphatic heterocycles. The Morgan fingerprint density at radius 1 is 1.19 bits per heavy atom. The van der Waals surface area contributed by atoms with Crippen molar-refractivity contribution in [2.45, 2.75) is 13.8 Å². The van der Waals surface area contributed by atoms with E-state index in [0.29, 0.717) is 16.8 Å². The number of imidazole rings is 1. The molecule has 1 aromatic carbocycles. The van der Waals surface area contributed by atoms with E-state index >= 15 is 0 Å². The summed E-state index contributed by atoms with van der Waals surface area (Å²) in [6.45, 7) is 3.87. The number of aromatic nitrogens is 4. The minimum atomic E-state index is -0.419. The van der Waals surface area contributed by atoms with Gasteiger partial charge in [0, 0.05) is 5.56 Å². The van der Waals surface area contributed by atoms with Gasteiger partial charge < -0.3 is 4.42 Å². The summed E-state index contributed by atoms with van der Waals surface area (Å²) >= 11 is 0. The number of nitrogens with zero attached hydrogens (tertiary/aromatic N) is 4. The minimum absolute atomic E-state index is 0.232. The fraction of sp³-hybridized carbons (Fsp3) is 0.133. The minimum Gasteiger partial charge on any atom is -0.443 e. The second-order valence-electron chi connectivity index (χ2n) is 5.02. The van der Waals surface area contributed by atoms with Crippen molar-refractivity contribution in [3.05, 3.63) is 47.9 Å². The van der Waals surface area contributed by atoms with Crippen molar-refractivity contribution < 1.29 is 8.81 Å². The molecule has 0 saturated heterocycles. The third-order valence-corrected chi connectivity index (χ3v) is 3.42. The van der Waals surface area contributed by atoms with Gasteiger partial charge in [-0.25, -0.2) is 18.9 Å². The van der Waals surface area contributed by atoms with E-state index in [1.54, 1.807) is 10.6 Å². The van der Waals surface area contributed by atoms with Gasteiger partial charge in [0.25, 0.3) is 0 Å². The third kappa shape index (κ3) is 1.79. The maximum absolute atomic E-state index is 14.0. The van der Waals surface area contributed by atoms with Gasteiger partial charge in [0.05, 0.1) is 17.6 Å². The van der Waals surface area contributed by atoms with Crippen LogP contribution in [0.1, 0.15) is 11.3 Å². The average molecular weight is 282 g/mol. The lowest BCUT2D eigenvalue weighted by molar-refractivity contribution is 0.601. The van der Waals surface area contributed by atoms with Crippen molar-refractivity contribution in [2.24, 2.45) is 0 Å². The van der Waals surface area contributed by atoms with Crippen molar-refractivity contribution >= 4 is 16.7 Å². The summed E-state index contributed by atoms with van der Waals surface area (Å²) < 4.78 is 20.9. The molecule has 6 heteroatoms. The maximum Gasteiger partial charge on any atom is 0.182 e. The Morgan fingerprint density at radius 3 is 2.90 bits per heavy atom. The fourth-order valence-electron chi connectivity index (χ4n) is 2.46. The Hall–Kier alpha value is -2.76. The van der Waals surface area contributed by atoms with Crippen LogP contribution in [-0.2, 0) is 0 Å². The number of hydrogen-bond donors (Lipinski definition) is 0. The standard InChI is InChI=1S/C15H11FN4O/c1-8-3-12(19-20-6-9(2)18-15(8)20)10-4-11(16)14-13(5-10)21-7-17-14/h3-7H,1-2H3. The molecule has 0 saturated carbocycles. The molecule has 0 fully saturated rings. The lowest BCUT2D eigenvalue weighted by Crippen LogP contribution is -1.96. The molecule has 0 aliphatic rings. The van der Waals surface area contributed by atoms with Crippen LogP contribution in [0.3, 0.4) is 0 Å². The molecular formula is C15H11FN4O. The fourth-order valence-corrected chi connectivity index (χ4v) is 2.46. The number of hydrogen-bond acceptors (Lipinski definition) is 4. The monoisotopic (exact) mass is 282 g/mol. The summed E-state index contributed by atoms with van der Waals surface area (Å²) in [6, 6.07) is 5.05. The molecule has 0 atom stereocenters. The van der Waals surface area contributed by atoms with E-state index in [9.17, 15) is 4.39 Å². The molecule has 3 aromatic heterocycles. The molecule has 21 heavy (non-hydrogen) atoms. The number of oxazole rings is 1. The summed E-state index contributed by atoms with van der Waals surface area (Å²) in [7, 11) is 0. The van der Waals surface area contributed by atoms with E-state index in [2.05, 4.69) is 15.1 Å². The molecular weight excluding hydrogens is 271 g/mol. The average Bonchev–Trinajstić information content (AvgIpc) is 3.04. The molecule has 104 valence electrons. The largest absolute Gasteiger partial charge is 0.443 e. The Kier molecular flexibility index (Phi) is 2.35. The summed E-state index contributed by atoms with van der Waals surface area (Å²) in [5.41, 5.74) is 4.62. The maximum atomic E-state index is 14.0. The molecule has 0 bridgehead atoms. The van der Waals surface area contributed by atoms with Crippen LogP contribution in [0.4, 0.5) is 4.39 Å². The van der Waals surface area contributed by atoms with Gasteiger partial charge in [-0.3, -0.25) is 0 Å². The first-order chi connectivity index (χ1) is 10.1. The Labute approximate surface area is 119 Å². The van der Waals surface area contributed by atoms with Crippen molar-refractivity contribution in [3.63, 3.8) is 0 Å². The van der Waals surface area contributed by atoms with E-state index in [1.165, 1.54) is 12.5 Å². The lowest BCUT2D eigenvalue weighted by atomic mass is 10.1. The van der Waals surface area contributed by atoms with Gasteiger partial charge in [-0.05, 0) is 37.6 Å². The van der Waals surface area contributed by atoms with Crippen LogP contribution >= 0.6 is 0 Å². The molecule has 0 radical (unpaired) electrons. The van der Waals surface area contributed by atoms with Crippen LogP contribution in [0.2, 0.25) is 0 Å². The molecule has 0 amide bonds. The highest BCUT2D eigenvalue weighted by Gasteiger charge is 2.12. The van der Waals surface area contributed by atoms with Gasteiger partial charge in [-0.15, -0.1) is 0 Å². The first kappa shape index (κ1) is 12.0. The molecule has 0 spiro atoms. The van der Waals surface area contributed by atoms with Crippen molar-refractivity contribution in [1.82, 2.24) is 19.6 Å². The molecule has 0 unspecified atom stereocenters. The number of aryl methyl sites for hydroxylation is 2. The van der Waals surface area contributed by atoms with Crippen LogP contribution in [0.25, 0.3) is 28.0 Å². The zero-order valence-electron chi connectivity index (χ0n) is 11.5. The van der Waals surface area contributed by atoms with Crippen LogP contribution in [0.5, 0.6) is 0 Å². The zero-order valence-corrected chi connectivity index (χ0v) is 11.5. The molecule has 0 aliphatic carbocycles. The summed E-state index contributed by atoms with van der Waals surface area (Å²) in [5.74, 6) is -0.419. The first-order valence-electron chi connectivity index (χ1n) is 6.48.